The molecule has 0 atom stereocenters. The van der Waals surface area contributed by atoms with Gasteiger partial charge in [0.1, 0.15) is 0 Å². The molecule has 0 unspecified atom stereocenters. The lowest BCUT2D eigenvalue weighted by atomic mass is 10.5. The Balaban J connectivity index is 3.72. The van der Waals surface area contributed by atoms with Gasteiger partial charge in [-0.05, 0) is 20.2 Å². The molecule has 3 nitrogen and oxygen atoms in total. The van der Waals surface area contributed by atoms with Crippen LogP contribution in [0.15, 0.2) is 17.9 Å². The van der Waals surface area contributed by atoms with Crippen molar-refractivity contribution in [1.82, 2.24) is 10.2 Å². The van der Waals surface area contributed by atoms with Crippen molar-refractivity contribution in [2.45, 2.75) is 0 Å². The van der Waals surface area contributed by atoms with Gasteiger partial charge >= 0.3 is 0 Å². The quantitative estimate of drug-likeness (QED) is 0.458. The third-order valence-corrected chi connectivity index (χ3v) is 1.04. The zero-order valence-corrected chi connectivity index (χ0v) is 7.22. The van der Waals surface area contributed by atoms with E-state index < -0.39 is 0 Å². The van der Waals surface area contributed by atoms with Gasteiger partial charge in [-0.2, -0.15) is 0 Å². The summed E-state index contributed by atoms with van der Waals surface area (Å²) in [6, 6.07) is 0. The molecule has 0 saturated heterocycles. The SMILES string of the molecule is CNC(=O)C=C=CCN(C)C. The summed E-state index contributed by atoms with van der Waals surface area (Å²) in [6.45, 7) is 0.799. The van der Waals surface area contributed by atoms with Crippen LogP contribution in [-0.2, 0) is 4.79 Å². The molecule has 0 saturated carbocycles. The maximum atomic E-state index is 10.6. The zero-order valence-electron chi connectivity index (χ0n) is 7.22. The van der Waals surface area contributed by atoms with Crippen molar-refractivity contribution in [3.8, 4) is 0 Å². The predicted molar refractivity (Wildman–Crippen MR) is 45.3 cm³/mol. The highest BCUT2D eigenvalue weighted by Crippen LogP contribution is 1.74. The van der Waals surface area contributed by atoms with Gasteiger partial charge in [0, 0.05) is 19.7 Å². The third-order valence-electron chi connectivity index (χ3n) is 1.04. The van der Waals surface area contributed by atoms with E-state index in [1.54, 1.807) is 13.1 Å². The summed E-state index contributed by atoms with van der Waals surface area (Å²) in [7, 11) is 5.50. The van der Waals surface area contributed by atoms with Crippen LogP contribution in [0.4, 0.5) is 0 Å². The molecular formula is C8H14N2O. The van der Waals surface area contributed by atoms with Gasteiger partial charge in [-0.15, -0.1) is 5.73 Å². The number of amides is 1. The van der Waals surface area contributed by atoms with Gasteiger partial charge in [0.05, 0.1) is 0 Å². The Bertz CT molecular complexity index is 179. The van der Waals surface area contributed by atoms with Gasteiger partial charge in [-0.3, -0.25) is 4.79 Å². The average Bonchev–Trinajstić information content (AvgIpc) is 1.97. The van der Waals surface area contributed by atoms with Crippen LogP contribution in [0.3, 0.4) is 0 Å². The number of hydrogen-bond acceptors (Lipinski definition) is 2. The molecule has 0 aliphatic rings. The molecule has 62 valence electrons. The summed E-state index contributed by atoms with van der Waals surface area (Å²) in [5, 5.41) is 2.46. The van der Waals surface area contributed by atoms with E-state index in [4.69, 9.17) is 0 Å². The molecule has 1 N–H and O–H groups in total. The van der Waals surface area contributed by atoms with Gasteiger partial charge in [0.25, 0.3) is 5.91 Å². The van der Waals surface area contributed by atoms with Crippen LogP contribution in [0, 0.1) is 0 Å². The molecule has 11 heavy (non-hydrogen) atoms. The van der Waals surface area contributed by atoms with E-state index >= 15 is 0 Å². The summed E-state index contributed by atoms with van der Waals surface area (Å²) in [5.41, 5.74) is 2.76. The second-order valence-corrected chi connectivity index (χ2v) is 2.39. The molecule has 0 bridgehead atoms. The standard InChI is InChI=1S/C8H14N2O/c1-9-8(11)6-4-5-7-10(2)3/h5-6H,7H2,1-3H3,(H,9,11). The number of carbonyl (C=O) groups is 1. The van der Waals surface area contributed by atoms with Crippen molar-refractivity contribution in [3.63, 3.8) is 0 Å². The van der Waals surface area contributed by atoms with E-state index in [0.717, 1.165) is 6.54 Å². The van der Waals surface area contributed by atoms with E-state index in [1.165, 1.54) is 6.08 Å². The fourth-order valence-electron chi connectivity index (χ4n) is 0.442. The number of likely N-dealkylation sites (N-methyl/N-ethyl adjacent to an activating group) is 2. The molecule has 0 fully saturated rings. The molecule has 0 spiro atoms. The summed E-state index contributed by atoms with van der Waals surface area (Å²) in [5.74, 6) is -0.125. The molecule has 0 radical (unpaired) electrons. The molecule has 0 aromatic carbocycles. The van der Waals surface area contributed by atoms with Gasteiger partial charge < -0.3 is 10.2 Å². The van der Waals surface area contributed by atoms with Crippen LogP contribution in [-0.4, -0.2) is 38.5 Å². The van der Waals surface area contributed by atoms with E-state index in [2.05, 4.69) is 11.0 Å². The van der Waals surface area contributed by atoms with Crippen molar-refractivity contribution in [3.05, 3.63) is 17.9 Å². The molecule has 0 heterocycles. The summed E-state index contributed by atoms with van der Waals surface area (Å²) in [4.78, 5) is 12.6. The molecule has 0 aliphatic heterocycles. The van der Waals surface area contributed by atoms with Crippen molar-refractivity contribution in [1.29, 1.82) is 0 Å². The minimum atomic E-state index is -0.125. The number of rotatable bonds is 3. The van der Waals surface area contributed by atoms with Gasteiger partial charge in [0.2, 0.25) is 0 Å². The normalized spacial score (nSPS) is 8.73. The highest BCUT2D eigenvalue weighted by molar-refractivity contribution is 5.86. The summed E-state index contributed by atoms with van der Waals surface area (Å²) < 4.78 is 0. The van der Waals surface area contributed by atoms with Gasteiger partial charge in [-0.1, -0.05) is 0 Å². The maximum absolute atomic E-state index is 10.6. The summed E-state index contributed by atoms with van der Waals surface area (Å²) >= 11 is 0. The van der Waals surface area contributed by atoms with Crippen molar-refractivity contribution >= 4 is 5.91 Å². The number of carbonyl (C=O) groups excluding carboxylic acids is 1. The fourth-order valence-corrected chi connectivity index (χ4v) is 0.442. The first-order chi connectivity index (χ1) is 5.16. The first-order valence-corrected chi connectivity index (χ1v) is 3.44. The van der Waals surface area contributed by atoms with Crippen LogP contribution in [0.2, 0.25) is 0 Å². The Morgan fingerprint density at radius 2 is 2.27 bits per heavy atom. The topological polar surface area (TPSA) is 32.3 Å². The Kier molecular flexibility index (Phi) is 5.17. The monoisotopic (exact) mass is 154 g/mol. The second-order valence-electron chi connectivity index (χ2n) is 2.39. The zero-order chi connectivity index (χ0) is 8.69. The first-order valence-electron chi connectivity index (χ1n) is 3.44. The highest BCUT2D eigenvalue weighted by atomic mass is 16.1. The van der Waals surface area contributed by atoms with Crippen LogP contribution in [0.25, 0.3) is 0 Å². The maximum Gasteiger partial charge on any atom is 0.251 e. The van der Waals surface area contributed by atoms with E-state index in [-0.39, 0.29) is 5.91 Å². The average molecular weight is 154 g/mol. The molecule has 1 amide bonds. The lowest BCUT2D eigenvalue weighted by Gasteiger charge is -2.01. The first kappa shape index (κ1) is 9.95. The number of nitrogens with zero attached hydrogens (tertiary/aromatic N) is 1. The minimum absolute atomic E-state index is 0.125. The Morgan fingerprint density at radius 1 is 1.64 bits per heavy atom. The summed E-state index contributed by atoms with van der Waals surface area (Å²) in [6.07, 6.45) is 3.18. The van der Waals surface area contributed by atoms with Crippen molar-refractivity contribution in [2.75, 3.05) is 27.7 Å². The van der Waals surface area contributed by atoms with Gasteiger partial charge in [-0.25, -0.2) is 0 Å². The smallest absolute Gasteiger partial charge is 0.251 e. The van der Waals surface area contributed by atoms with E-state index in [9.17, 15) is 4.79 Å². The largest absolute Gasteiger partial charge is 0.355 e. The Hall–Kier alpha value is -1.05. The number of nitrogens with one attached hydrogen (secondary N) is 1. The molecule has 0 rings (SSSR count). The Morgan fingerprint density at radius 3 is 2.73 bits per heavy atom. The minimum Gasteiger partial charge on any atom is -0.355 e. The highest BCUT2D eigenvalue weighted by Gasteiger charge is 1.84. The molecule has 0 aromatic rings. The van der Waals surface area contributed by atoms with Crippen LogP contribution in [0.5, 0.6) is 0 Å². The van der Waals surface area contributed by atoms with Crippen LogP contribution in [0.1, 0.15) is 0 Å². The predicted octanol–water partition coefficient (Wildman–Crippen LogP) is 0.00530. The molecule has 0 aliphatic carbocycles. The second kappa shape index (κ2) is 5.71. The fraction of sp³-hybridized carbons (Fsp3) is 0.500. The molecule has 3 heteroatoms. The van der Waals surface area contributed by atoms with Crippen molar-refractivity contribution < 1.29 is 4.79 Å². The lowest BCUT2D eigenvalue weighted by Crippen LogP contribution is -2.13. The van der Waals surface area contributed by atoms with E-state index in [0.29, 0.717) is 0 Å². The Labute approximate surface area is 67.4 Å². The molecular weight excluding hydrogens is 140 g/mol. The van der Waals surface area contributed by atoms with Crippen LogP contribution < -0.4 is 5.32 Å². The number of hydrogen-bond donors (Lipinski definition) is 1. The molecule has 0 aromatic heterocycles. The van der Waals surface area contributed by atoms with E-state index in [1.807, 2.05) is 19.0 Å². The lowest BCUT2D eigenvalue weighted by molar-refractivity contribution is -0.116. The van der Waals surface area contributed by atoms with Crippen molar-refractivity contribution in [2.24, 2.45) is 0 Å². The van der Waals surface area contributed by atoms with Crippen LogP contribution >= 0.6 is 0 Å². The third kappa shape index (κ3) is 6.84. The van der Waals surface area contributed by atoms with Gasteiger partial charge in [0.15, 0.2) is 0 Å².